The van der Waals surface area contributed by atoms with Gasteiger partial charge in [-0.15, -0.1) is 0 Å². The summed E-state index contributed by atoms with van der Waals surface area (Å²) in [4.78, 5) is 10.9. The van der Waals surface area contributed by atoms with Gasteiger partial charge in [0.05, 0.1) is 0 Å². The van der Waals surface area contributed by atoms with Crippen LogP contribution < -0.4 is 0 Å². The maximum Gasteiger partial charge on any atom is 0.252 e. The lowest BCUT2D eigenvalue weighted by atomic mass is 10.0. The highest BCUT2D eigenvalue weighted by atomic mass is 35.5. The van der Waals surface area contributed by atoms with Crippen LogP contribution in [-0.2, 0) is 6.42 Å². The molecule has 1 rings (SSSR count). The van der Waals surface area contributed by atoms with Gasteiger partial charge in [0.15, 0.2) is 0 Å². The van der Waals surface area contributed by atoms with Crippen LogP contribution in [0.15, 0.2) is 18.2 Å². The van der Waals surface area contributed by atoms with Crippen molar-refractivity contribution in [1.82, 2.24) is 0 Å². The molecule has 12 heavy (non-hydrogen) atoms. The van der Waals surface area contributed by atoms with Crippen molar-refractivity contribution in [3.8, 4) is 0 Å². The van der Waals surface area contributed by atoms with E-state index >= 15 is 0 Å². The lowest BCUT2D eigenvalue weighted by Crippen LogP contribution is -1.96. The van der Waals surface area contributed by atoms with E-state index in [4.69, 9.17) is 11.6 Å². The van der Waals surface area contributed by atoms with Gasteiger partial charge in [-0.2, -0.15) is 0 Å². The van der Waals surface area contributed by atoms with Crippen LogP contribution in [0.1, 0.15) is 28.4 Å². The highest BCUT2D eigenvalue weighted by Gasteiger charge is 2.07. The minimum Gasteiger partial charge on any atom is -0.276 e. The second-order valence-electron chi connectivity index (χ2n) is 2.72. The maximum absolute atomic E-state index is 10.9. The summed E-state index contributed by atoms with van der Waals surface area (Å²) in [5.74, 6) is 0. The minimum absolute atomic E-state index is 0.372. The Labute approximate surface area is 77.4 Å². The first-order valence-corrected chi connectivity index (χ1v) is 4.33. The van der Waals surface area contributed by atoms with Gasteiger partial charge < -0.3 is 0 Å². The number of hydrogen-bond donors (Lipinski definition) is 0. The molecule has 0 N–H and O–H groups in total. The summed E-state index contributed by atoms with van der Waals surface area (Å²) in [6, 6.07) is 5.63. The molecule has 1 aromatic rings. The molecule has 0 aliphatic heterocycles. The topological polar surface area (TPSA) is 17.1 Å². The third-order valence-electron chi connectivity index (χ3n) is 2.04. The van der Waals surface area contributed by atoms with Crippen LogP contribution in [0, 0.1) is 6.92 Å². The highest BCUT2D eigenvalue weighted by molar-refractivity contribution is 6.67. The molecule has 0 aliphatic rings. The third kappa shape index (κ3) is 1.67. The molecule has 0 radical (unpaired) electrons. The Hall–Kier alpha value is -0.820. The van der Waals surface area contributed by atoms with Crippen LogP contribution in [-0.4, -0.2) is 5.24 Å². The normalized spacial score (nSPS) is 9.92. The van der Waals surface area contributed by atoms with Gasteiger partial charge in [0.1, 0.15) is 0 Å². The smallest absolute Gasteiger partial charge is 0.252 e. The second-order valence-corrected chi connectivity index (χ2v) is 3.06. The number of aryl methyl sites for hydroxylation is 1. The van der Waals surface area contributed by atoms with E-state index in [-0.39, 0.29) is 5.24 Å². The number of halogens is 1. The largest absolute Gasteiger partial charge is 0.276 e. The van der Waals surface area contributed by atoms with Gasteiger partial charge in [0, 0.05) is 5.56 Å². The zero-order chi connectivity index (χ0) is 9.14. The van der Waals surface area contributed by atoms with Crippen molar-refractivity contribution in [2.24, 2.45) is 0 Å². The third-order valence-corrected chi connectivity index (χ3v) is 2.24. The van der Waals surface area contributed by atoms with Gasteiger partial charge in [0.25, 0.3) is 5.24 Å². The predicted molar refractivity (Wildman–Crippen MR) is 50.7 cm³/mol. The van der Waals surface area contributed by atoms with Gasteiger partial charge in [-0.1, -0.05) is 19.1 Å². The van der Waals surface area contributed by atoms with Gasteiger partial charge in [-0.25, -0.2) is 0 Å². The van der Waals surface area contributed by atoms with Gasteiger partial charge in [-0.05, 0) is 42.1 Å². The Balaban J connectivity index is 3.23. The fraction of sp³-hybridized carbons (Fsp3) is 0.300. The lowest BCUT2D eigenvalue weighted by molar-refractivity contribution is 0.108. The molecule has 64 valence electrons. The summed E-state index contributed by atoms with van der Waals surface area (Å²) >= 11 is 5.40. The molecule has 0 saturated carbocycles. The lowest BCUT2D eigenvalue weighted by Gasteiger charge is -2.05. The van der Waals surface area contributed by atoms with Crippen molar-refractivity contribution in [2.45, 2.75) is 20.3 Å². The van der Waals surface area contributed by atoms with Crippen molar-refractivity contribution in [3.63, 3.8) is 0 Å². The number of hydrogen-bond acceptors (Lipinski definition) is 1. The Bertz CT molecular complexity index is 305. The molecule has 0 atom stereocenters. The van der Waals surface area contributed by atoms with Crippen molar-refractivity contribution < 1.29 is 4.79 Å². The molecule has 0 saturated heterocycles. The molecule has 1 aromatic carbocycles. The van der Waals surface area contributed by atoms with E-state index in [2.05, 4.69) is 6.92 Å². The highest BCUT2D eigenvalue weighted by Crippen LogP contribution is 2.15. The Morgan fingerprint density at radius 2 is 2.17 bits per heavy atom. The fourth-order valence-electron chi connectivity index (χ4n) is 1.28. The van der Waals surface area contributed by atoms with E-state index in [1.165, 1.54) is 5.56 Å². The van der Waals surface area contributed by atoms with Gasteiger partial charge >= 0.3 is 0 Å². The average molecular weight is 183 g/mol. The Kier molecular flexibility index (Phi) is 2.88. The van der Waals surface area contributed by atoms with Crippen LogP contribution in [0.3, 0.4) is 0 Å². The first kappa shape index (κ1) is 9.27. The predicted octanol–water partition coefficient (Wildman–Crippen LogP) is 2.94. The van der Waals surface area contributed by atoms with E-state index in [9.17, 15) is 4.79 Å². The maximum atomic E-state index is 10.9. The first-order chi connectivity index (χ1) is 5.66. The quantitative estimate of drug-likeness (QED) is 0.643. The molecule has 0 amide bonds. The zero-order valence-electron chi connectivity index (χ0n) is 7.23. The second kappa shape index (κ2) is 3.72. The molecule has 0 aromatic heterocycles. The monoisotopic (exact) mass is 182 g/mol. The summed E-state index contributed by atoms with van der Waals surface area (Å²) in [7, 11) is 0. The van der Waals surface area contributed by atoms with E-state index < -0.39 is 0 Å². The first-order valence-electron chi connectivity index (χ1n) is 3.95. The van der Waals surface area contributed by atoms with Gasteiger partial charge in [-0.3, -0.25) is 4.79 Å². The van der Waals surface area contributed by atoms with E-state index in [0.29, 0.717) is 5.56 Å². The van der Waals surface area contributed by atoms with Gasteiger partial charge in [0.2, 0.25) is 0 Å². The summed E-state index contributed by atoms with van der Waals surface area (Å²) in [5, 5.41) is -0.372. The molecule has 0 spiro atoms. The fourth-order valence-corrected chi connectivity index (χ4v) is 1.48. The number of carbonyl (C=O) groups is 1. The molecule has 1 nitrogen and oxygen atoms in total. The summed E-state index contributed by atoms with van der Waals surface area (Å²) in [6.07, 6.45) is 0.934. The molecule has 2 heteroatoms. The van der Waals surface area contributed by atoms with Crippen molar-refractivity contribution in [2.75, 3.05) is 0 Å². The summed E-state index contributed by atoms with van der Waals surface area (Å²) in [6.45, 7) is 3.99. The van der Waals surface area contributed by atoms with E-state index in [0.717, 1.165) is 12.0 Å². The molecule has 0 fully saturated rings. The standard InChI is InChI=1S/C10H11ClO/c1-3-8-5-4-6-9(7(8)2)10(11)12/h4-6H,3H2,1-2H3. The number of carbonyl (C=O) groups excluding carboxylic acids is 1. The Morgan fingerprint density at radius 1 is 1.50 bits per heavy atom. The molecular weight excluding hydrogens is 172 g/mol. The molecule has 0 bridgehead atoms. The molecule has 0 unspecified atom stereocenters. The van der Waals surface area contributed by atoms with E-state index in [1.54, 1.807) is 6.07 Å². The zero-order valence-corrected chi connectivity index (χ0v) is 7.98. The molecular formula is C10H11ClO. The van der Waals surface area contributed by atoms with Crippen LogP contribution >= 0.6 is 11.6 Å². The summed E-state index contributed by atoms with van der Waals surface area (Å²) < 4.78 is 0. The van der Waals surface area contributed by atoms with E-state index in [1.807, 2.05) is 19.1 Å². The van der Waals surface area contributed by atoms with Crippen molar-refractivity contribution in [1.29, 1.82) is 0 Å². The number of rotatable bonds is 2. The van der Waals surface area contributed by atoms with Crippen LogP contribution in [0.25, 0.3) is 0 Å². The van der Waals surface area contributed by atoms with Crippen molar-refractivity contribution in [3.05, 3.63) is 34.9 Å². The SMILES string of the molecule is CCc1cccc(C(=O)Cl)c1C. The molecule has 0 heterocycles. The van der Waals surface area contributed by atoms with Crippen LogP contribution in [0.4, 0.5) is 0 Å². The van der Waals surface area contributed by atoms with Crippen LogP contribution in [0.2, 0.25) is 0 Å². The minimum atomic E-state index is -0.372. The van der Waals surface area contributed by atoms with Crippen molar-refractivity contribution >= 4 is 16.8 Å². The summed E-state index contributed by atoms with van der Waals surface area (Å²) in [5.41, 5.74) is 2.80. The molecule has 0 aliphatic carbocycles. The number of benzene rings is 1. The Morgan fingerprint density at radius 3 is 2.67 bits per heavy atom. The van der Waals surface area contributed by atoms with Crippen LogP contribution in [0.5, 0.6) is 0 Å². The average Bonchev–Trinajstić information content (AvgIpc) is 2.04.